The predicted octanol–water partition coefficient (Wildman–Crippen LogP) is 4.06. The summed E-state index contributed by atoms with van der Waals surface area (Å²) in [5, 5.41) is 1.11. The van der Waals surface area contributed by atoms with Gasteiger partial charge in [-0.1, -0.05) is 27.5 Å². The van der Waals surface area contributed by atoms with Crippen LogP contribution in [0.2, 0.25) is 5.02 Å². The van der Waals surface area contributed by atoms with Gasteiger partial charge in [-0.25, -0.2) is 4.39 Å². The summed E-state index contributed by atoms with van der Waals surface area (Å²) >= 11 is 10.8. The maximum atomic E-state index is 13.1. The highest BCUT2D eigenvalue weighted by atomic mass is 79.9. The van der Waals surface area contributed by atoms with Gasteiger partial charge < -0.3 is 0 Å². The van der Waals surface area contributed by atoms with Gasteiger partial charge in [-0.2, -0.15) is 0 Å². The molecule has 1 aromatic rings. The molecule has 0 saturated heterocycles. The van der Waals surface area contributed by atoms with E-state index in [4.69, 9.17) is 11.6 Å². The Labute approximate surface area is 94.0 Å². The van der Waals surface area contributed by atoms with Gasteiger partial charge in [-0.05, 0) is 17.7 Å². The Kier molecular flexibility index (Phi) is 2.86. The van der Waals surface area contributed by atoms with E-state index >= 15 is 0 Å². The Morgan fingerprint density at radius 1 is 1.62 bits per heavy atom. The maximum absolute atomic E-state index is 13.1. The first-order valence-electron chi connectivity index (χ1n) is 3.90. The third-order valence-corrected chi connectivity index (χ3v) is 4.42. The van der Waals surface area contributed by atoms with E-state index in [1.54, 1.807) is 23.9 Å². The van der Waals surface area contributed by atoms with Crippen molar-refractivity contribution in [3.63, 3.8) is 0 Å². The second-order valence-electron chi connectivity index (χ2n) is 2.97. The third-order valence-electron chi connectivity index (χ3n) is 2.12. The van der Waals surface area contributed by atoms with E-state index in [1.165, 1.54) is 0 Å². The summed E-state index contributed by atoms with van der Waals surface area (Å²) in [6.45, 7) is 0. The van der Waals surface area contributed by atoms with Crippen LogP contribution < -0.4 is 0 Å². The number of alkyl halides is 1. The molecule has 0 radical (unpaired) electrons. The number of fused-ring (bicyclic) bond motifs is 1. The highest BCUT2D eigenvalue weighted by molar-refractivity contribution is 9.09. The predicted molar refractivity (Wildman–Crippen MR) is 58.7 cm³/mol. The van der Waals surface area contributed by atoms with E-state index in [0.29, 0.717) is 5.92 Å². The third kappa shape index (κ3) is 1.74. The molecule has 70 valence electrons. The first-order valence-corrected chi connectivity index (χ1v) is 6.38. The quantitative estimate of drug-likeness (QED) is 0.700. The lowest BCUT2D eigenvalue weighted by Crippen LogP contribution is -1.98. The standard InChI is InChI=1S/C9H7BrClFS/c10-3-5-4-13-9-2-7(11)8(12)1-6(5)9/h1-2,5H,3-4H2. The van der Waals surface area contributed by atoms with Crippen LogP contribution in [-0.4, -0.2) is 11.1 Å². The van der Waals surface area contributed by atoms with E-state index in [9.17, 15) is 4.39 Å². The molecule has 0 amide bonds. The van der Waals surface area contributed by atoms with Crippen LogP contribution >= 0.6 is 39.3 Å². The van der Waals surface area contributed by atoms with Crippen LogP contribution in [0.15, 0.2) is 17.0 Å². The van der Waals surface area contributed by atoms with Crippen LogP contribution in [0.5, 0.6) is 0 Å². The molecule has 0 fully saturated rings. The topological polar surface area (TPSA) is 0 Å². The summed E-state index contributed by atoms with van der Waals surface area (Å²) in [6, 6.07) is 3.28. The number of hydrogen-bond acceptors (Lipinski definition) is 1. The molecule has 1 aliphatic heterocycles. The molecular formula is C9H7BrClFS. The van der Waals surface area contributed by atoms with Gasteiger partial charge in [0.1, 0.15) is 5.82 Å². The van der Waals surface area contributed by atoms with Gasteiger partial charge in [0.25, 0.3) is 0 Å². The summed E-state index contributed by atoms with van der Waals surface area (Å²) < 4.78 is 13.1. The molecule has 13 heavy (non-hydrogen) atoms. The number of hydrogen-bond donors (Lipinski definition) is 0. The van der Waals surface area contributed by atoms with Crippen molar-refractivity contribution in [2.75, 3.05) is 11.1 Å². The number of benzene rings is 1. The molecule has 1 atom stereocenters. The van der Waals surface area contributed by atoms with Gasteiger partial charge >= 0.3 is 0 Å². The Bertz CT molecular complexity index is 343. The van der Waals surface area contributed by atoms with Crippen LogP contribution in [0.1, 0.15) is 11.5 Å². The molecule has 0 aliphatic carbocycles. The fraction of sp³-hybridized carbons (Fsp3) is 0.333. The van der Waals surface area contributed by atoms with Gasteiger partial charge in [0.2, 0.25) is 0 Å². The van der Waals surface area contributed by atoms with Crippen molar-refractivity contribution >= 4 is 39.3 Å². The Balaban J connectivity index is 2.47. The molecule has 4 heteroatoms. The highest BCUT2D eigenvalue weighted by Crippen LogP contribution is 2.42. The smallest absolute Gasteiger partial charge is 0.142 e. The number of thioether (sulfide) groups is 1. The SMILES string of the molecule is Fc1cc2c(cc1Cl)SCC2CBr. The van der Waals surface area contributed by atoms with E-state index in [2.05, 4.69) is 15.9 Å². The molecular weight excluding hydrogens is 275 g/mol. The van der Waals surface area contributed by atoms with Gasteiger partial charge in [0.15, 0.2) is 0 Å². The zero-order valence-electron chi connectivity index (χ0n) is 6.69. The Morgan fingerprint density at radius 3 is 3.08 bits per heavy atom. The summed E-state index contributed by atoms with van der Waals surface area (Å²) in [5.41, 5.74) is 1.09. The molecule has 0 nitrogen and oxygen atoms in total. The second-order valence-corrected chi connectivity index (χ2v) is 5.08. The summed E-state index contributed by atoms with van der Waals surface area (Å²) in [5.74, 6) is 1.13. The Morgan fingerprint density at radius 2 is 2.38 bits per heavy atom. The van der Waals surface area contributed by atoms with Crippen molar-refractivity contribution in [1.82, 2.24) is 0 Å². The minimum atomic E-state index is -0.311. The first kappa shape index (κ1) is 9.81. The summed E-state index contributed by atoms with van der Waals surface area (Å²) in [6.07, 6.45) is 0. The van der Waals surface area contributed by atoms with Gasteiger partial charge in [-0.3, -0.25) is 0 Å². The fourth-order valence-corrected chi connectivity index (χ4v) is 3.78. The lowest BCUT2D eigenvalue weighted by Gasteiger charge is -2.06. The Hall–Kier alpha value is 0.270. The molecule has 1 heterocycles. The first-order chi connectivity index (χ1) is 6.22. The molecule has 0 aromatic heterocycles. The van der Waals surface area contributed by atoms with Crippen molar-refractivity contribution in [2.24, 2.45) is 0 Å². The van der Waals surface area contributed by atoms with Crippen LogP contribution in [-0.2, 0) is 0 Å². The minimum Gasteiger partial charge on any atom is -0.205 e. The molecule has 0 saturated carbocycles. The van der Waals surface area contributed by atoms with Crippen molar-refractivity contribution in [3.8, 4) is 0 Å². The highest BCUT2D eigenvalue weighted by Gasteiger charge is 2.23. The molecule has 1 aromatic carbocycles. The van der Waals surface area contributed by atoms with E-state index in [0.717, 1.165) is 21.5 Å². The van der Waals surface area contributed by atoms with Crippen LogP contribution in [0.3, 0.4) is 0 Å². The van der Waals surface area contributed by atoms with E-state index in [-0.39, 0.29) is 10.8 Å². The van der Waals surface area contributed by atoms with Crippen LogP contribution in [0.4, 0.5) is 4.39 Å². The molecule has 2 rings (SSSR count). The molecule has 0 spiro atoms. The molecule has 1 unspecified atom stereocenters. The normalized spacial score (nSPS) is 20.4. The van der Waals surface area contributed by atoms with Crippen LogP contribution in [0.25, 0.3) is 0 Å². The zero-order valence-corrected chi connectivity index (χ0v) is 9.85. The van der Waals surface area contributed by atoms with Crippen molar-refractivity contribution in [2.45, 2.75) is 10.8 Å². The zero-order chi connectivity index (χ0) is 9.42. The number of halogens is 3. The largest absolute Gasteiger partial charge is 0.205 e. The van der Waals surface area contributed by atoms with Crippen molar-refractivity contribution in [3.05, 3.63) is 28.5 Å². The van der Waals surface area contributed by atoms with Crippen LogP contribution in [0, 0.1) is 5.82 Å². The molecule has 0 N–H and O–H groups in total. The lowest BCUT2D eigenvalue weighted by atomic mass is 10.0. The van der Waals surface area contributed by atoms with Crippen molar-refractivity contribution in [1.29, 1.82) is 0 Å². The second kappa shape index (κ2) is 3.79. The minimum absolute atomic E-state index is 0.224. The molecule has 0 bridgehead atoms. The van der Waals surface area contributed by atoms with Gasteiger partial charge in [0.05, 0.1) is 5.02 Å². The van der Waals surface area contributed by atoms with E-state index < -0.39 is 0 Å². The summed E-state index contributed by atoms with van der Waals surface area (Å²) in [7, 11) is 0. The average molecular weight is 282 g/mol. The van der Waals surface area contributed by atoms with Gasteiger partial charge in [-0.15, -0.1) is 11.8 Å². The maximum Gasteiger partial charge on any atom is 0.142 e. The van der Waals surface area contributed by atoms with E-state index in [1.807, 2.05) is 0 Å². The van der Waals surface area contributed by atoms with Gasteiger partial charge in [0, 0.05) is 21.9 Å². The molecule has 1 aliphatic rings. The average Bonchev–Trinajstić information content (AvgIpc) is 2.48. The lowest BCUT2D eigenvalue weighted by molar-refractivity contribution is 0.623. The monoisotopic (exact) mass is 280 g/mol. The van der Waals surface area contributed by atoms with Crippen molar-refractivity contribution < 1.29 is 4.39 Å². The number of rotatable bonds is 1. The fourth-order valence-electron chi connectivity index (χ4n) is 1.40. The summed E-state index contributed by atoms with van der Waals surface area (Å²) in [4.78, 5) is 1.12.